The third kappa shape index (κ3) is 4.14. The standard InChI is InChI=1S/C16H16O2S/c1-2-19-16(17)14-8-10-15(11-9-14)18-12-13-6-4-3-5-7-13/h3-11H,2,12H2,1H3. The van der Waals surface area contributed by atoms with Gasteiger partial charge < -0.3 is 4.74 Å². The van der Waals surface area contributed by atoms with Crippen molar-refractivity contribution >= 4 is 16.9 Å². The molecule has 98 valence electrons. The van der Waals surface area contributed by atoms with Gasteiger partial charge in [-0.1, -0.05) is 49.0 Å². The van der Waals surface area contributed by atoms with Crippen LogP contribution in [0.5, 0.6) is 5.75 Å². The van der Waals surface area contributed by atoms with Gasteiger partial charge in [-0.3, -0.25) is 4.79 Å². The van der Waals surface area contributed by atoms with Crippen LogP contribution in [-0.2, 0) is 6.61 Å². The number of benzene rings is 2. The van der Waals surface area contributed by atoms with Gasteiger partial charge in [0.2, 0.25) is 5.12 Å². The van der Waals surface area contributed by atoms with Gasteiger partial charge in [-0.2, -0.15) is 0 Å². The summed E-state index contributed by atoms with van der Waals surface area (Å²) >= 11 is 1.32. The van der Waals surface area contributed by atoms with Crippen LogP contribution in [-0.4, -0.2) is 10.9 Å². The van der Waals surface area contributed by atoms with E-state index in [1.165, 1.54) is 11.8 Å². The van der Waals surface area contributed by atoms with Gasteiger partial charge in [0.05, 0.1) is 0 Å². The maximum atomic E-state index is 11.7. The Kier molecular flexibility index (Phi) is 5.04. The van der Waals surface area contributed by atoms with Crippen LogP contribution in [0.2, 0.25) is 0 Å². The van der Waals surface area contributed by atoms with E-state index in [0.29, 0.717) is 6.61 Å². The summed E-state index contributed by atoms with van der Waals surface area (Å²) in [6.45, 7) is 2.51. The average molecular weight is 272 g/mol. The lowest BCUT2D eigenvalue weighted by Gasteiger charge is -2.06. The van der Waals surface area contributed by atoms with E-state index in [9.17, 15) is 4.79 Å². The molecule has 3 heteroatoms. The fraction of sp³-hybridized carbons (Fsp3) is 0.188. The quantitative estimate of drug-likeness (QED) is 0.817. The predicted molar refractivity (Wildman–Crippen MR) is 79.7 cm³/mol. The summed E-state index contributed by atoms with van der Waals surface area (Å²) in [5, 5.41) is 0.108. The second-order valence-corrected chi connectivity index (χ2v) is 5.26. The average Bonchev–Trinajstić information content (AvgIpc) is 2.47. The number of ether oxygens (including phenoxy) is 1. The van der Waals surface area contributed by atoms with Crippen molar-refractivity contribution in [3.8, 4) is 5.75 Å². The van der Waals surface area contributed by atoms with Crippen molar-refractivity contribution in [1.29, 1.82) is 0 Å². The maximum Gasteiger partial charge on any atom is 0.219 e. The smallest absolute Gasteiger partial charge is 0.219 e. The molecule has 0 amide bonds. The Morgan fingerprint density at radius 3 is 2.37 bits per heavy atom. The first-order valence-electron chi connectivity index (χ1n) is 6.23. The number of hydrogen-bond donors (Lipinski definition) is 0. The molecule has 0 aliphatic carbocycles. The SMILES string of the molecule is CCSC(=O)c1ccc(OCc2ccccc2)cc1. The summed E-state index contributed by atoms with van der Waals surface area (Å²) in [6, 6.07) is 17.3. The van der Waals surface area contributed by atoms with Gasteiger partial charge in [-0.15, -0.1) is 0 Å². The van der Waals surface area contributed by atoms with Crippen LogP contribution in [0.1, 0.15) is 22.8 Å². The zero-order valence-corrected chi connectivity index (χ0v) is 11.7. The molecule has 2 aromatic carbocycles. The number of carbonyl (C=O) groups is 1. The van der Waals surface area contributed by atoms with Gasteiger partial charge in [-0.25, -0.2) is 0 Å². The molecule has 0 aliphatic heterocycles. The molecule has 0 spiro atoms. The Labute approximate surface area is 117 Å². The molecule has 2 rings (SSSR count). The Bertz CT molecular complexity index is 520. The lowest BCUT2D eigenvalue weighted by Crippen LogP contribution is -1.97. The summed E-state index contributed by atoms with van der Waals surface area (Å²) in [4.78, 5) is 11.7. The van der Waals surface area contributed by atoms with Crippen molar-refractivity contribution in [2.45, 2.75) is 13.5 Å². The molecule has 0 saturated heterocycles. The molecule has 0 atom stereocenters. The van der Waals surface area contributed by atoms with Crippen molar-refractivity contribution < 1.29 is 9.53 Å². The van der Waals surface area contributed by atoms with E-state index in [1.807, 2.05) is 61.5 Å². The first-order chi connectivity index (χ1) is 9.29. The molecule has 0 saturated carbocycles. The van der Waals surface area contributed by atoms with E-state index in [0.717, 1.165) is 22.6 Å². The summed E-state index contributed by atoms with van der Waals surface area (Å²) in [6.07, 6.45) is 0. The molecule has 0 heterocycles. The minimum absolute atomic E-state index is 0.108. The summed E-state index contributed by atoms with van der Waals surface area (Å²) < 4.78 is 5.67. The molecule has 2 aromatic rings. The zero-order chi connectivity index (χ0) is 13.5. The molecule has 2 nitrogen and oxygen atoms in total. The van der Waals surface area contributed by atoms with Crippen molar-refractivity contribution in [2.75, 3.05) is 5.75 Å². The lowest BCUT2D eigenvalue weighted by atomic mass is 10.2. The molecular formula is C16H16O2S. The monoisotopic (exact) mass is 272 g/mol. The van der Waals surface area contributed by atoms with Gasteiger partial charge >= 0.3 is 0 Å². The van der Waals surface area contributed by atoms with Gasteiger partial charge in [-0.05, 0) is 35.6 Å². The van der Waals surface area contributed by atoms with Crippen molar-refractivity contribution in [3.63, 3.8) is 0 Å². The van der Waals surface area contributed by atoms with E-state index >= 15 is 0 Å². The van der Waals surface area contributed by atoms with Gasteiger partial charge in [0, 0.05) is 5.56 Å². The van der Waals surface area contributed by atoms with E-state index in [4.69, 9.17) is 4.74 Å². The molecule has 0 aromatic heterocycles. The molecular weight excluding hydrogens is 256 g/mol. The van der Waals surface area contributed by atoms with Crippen LogP contribution in [0, 0.1) is 0 Å². The summed E-state index contributed by atoms with van der Waals surface area (Å²) in [5.74, 6) is 1.58. The number of carbonyl (C=O) groups excluding carboxylic acids is 1. The predicted octanol–water partition coefficient (Wildman–Crippen LogP) is 4.16. The molecule has 0 bridgehead atoms. The molecule has 0 fully saturated rings. The van der Waals surface area contributed by atoms with Crippen LogP contribution >= 0.6 is 11.8 Å². The third-order valence-electron chi connectivity index (χ3n) is 2.61. The summed E-state index contributed by atoms with van der Waals surface area (Å²) in [7, 11) is 0. The van der Waals surface area contributed by atoms with Crippen LogP contribution < -0.4 is 4.74 Å². The summed E-state index contributed by atoms with van der Waals surface area (Å²) in [5.41, 5.74) is 1.85. The van der Waals surface area contributed by atoms with Crippen LogP contribution in [0.3, 0.4) is 0 Å². The minimum atomic E-state index is 0.108. The highest BCUT2D eigenvalue weighted by Crippen LogP contribution is 2.17. The van der Waals surface area contributed by atoms with E-state index in [2.05, 4.69) is 0 Å². The third-order valence-corrected chi connectivity index (χ3v) is 3.40. The molecule has 0 N–H and O–H groups in total. The molecule has 19 heavy (non-hydrogen) atoms. The number of rotatable bonds is 5. The fourth-order valence-electron chi connectivity index (χ4n) is 1.64. The highest BCUT2D eigenvalue weighted by molar-refractivity contribution is 8.14. The first-order valence-corrected chi connectivity index (χ1v) is 7.22. The Hall–Kier alpha value is -1.74. The number of hydrogen-bond acceptors (Lipinski definition) is 3. The van der Waals surface area contributed by atoms with E-state index in [1.54, 1.807) is 0 Å². The van der Waals surface area contributed by atoms with Crippen LogP contribution in [0.15, 0.2) is 54.6 Å². The fourth-order valence-corrected chi connectivity index (χ4v) is 2.21. The minimum Gasteiger partial charge on any atom is -0.489 e. The highest BCUT2D eigenvalue weighted by atomic mass is 32.2. The van der Waals surface area contributed by atoms with Crippen molar-refractivity contribution in [3.05, 3.63) is 65.7 Å². The molecule has 0 radical (unpaired) electrons. The van der Waals surface area contributed by atoms with E-state index < -0.39 is 0 Å². The Morgan fingerprint density at radius 2 is 1.74 bits per heavy atom. The van der Waals surface area contributed by atoms with Gasteiger partial charge in [0.1, 0.15) is 12.4 Å². The van der Waals surface area contributed by atoms with Crippen LogP contribution in [0.4, 0.5) is 0 Å². The number of thioether (sulfide) groups is 1. The maximum absolute atomic E-state index is 11.7. The normalized spacial score (nSPS) is 10.2. The van der Waals surface area contributed by atoms with Gasteiger partial charge in [0.15, 0.2) is 0 Å². The second kappa shape index (κ2) is 7.00. The van der Waals surface area contributed by atoms with Crippen LogP contribution in [0.25, 0.3) is 0 Å². The van der Waals surface area contributed by atoms with Crippen molar-refractivity contribution in [2.24, 2.45) is 0 Å². The first kappa shape index (κ1) is 13.7. The highest BCUT2D eigenvalue weighted by Gasteiger charge is 2.05. The van der Waals surface area contributed by atoms with E-state index in [-0.39, 0.29) is 5.12 Å². The second-order valence-electron chi connectivity index (χ2n) is 4.02. The molecule has 0 unspecified atom stereocenters. The largest absolute Gasteiger partial charge is 0.489 e. The van der Waals surface area contributed by atoms with Crippen molar-refractivity contribution in [1.82, 2.24) is 0 Å². The topological polar surface area (TPSA) is 26.3 Å². The lowest BCUT2D eigenvalue weighted by molar-refractivity contribution is 0.108. The Morgan fingerprint density at radius 1 is 1.05 bits per heavy atom. The zero-order valence-electron chi connectivity index (χ0n) is 10.8. The van der Waals surface area contributed by atoms with Gasteiger partial charge in [0.25, 0.3) is 0 Å². The Balaban J connectivity index is 1.94. The molecule has 0 aliphatic rings.